The van der Waals surface area contributed by atoms with Crippen LogP contribution in [0.2, 0.25) is 0 Å². The van der Waals surface area contributed by atoms with Gasteiger partial charge in [-0.1, -0.05) is 6.07 Å². The lowest BCUT2D eigenvalue weighted by Gasteiger charge is -2.07. The smallest absolute Gasteiger partial charge is 0.0955 e. The molecule has 0 aliphatic rings. The third-order valence-electron chi connectivity index (χ3n) is 4.46. The fraction of sp³-hybridized carbons (Fsp3) is 0.111. The van der Waals surface area contributed by atoms with Gasteiger partial charge in [0.1, 0.15) is 0 Å². The number of imidazole rings is 1. The van der Waals surface area contributed by atoms with E-state index in [9.17, 15) is 0 Å². The largest absolute Gasteiger partial charge is 0.356 e. The Morgan fingerprint density at radius 2 is 1.68 bits per heavy atom. The third kappa shape index (κ3) is 1.36. The maximum atomic E-state index is 4.62. The molecule has 0 amide bonds. The van der Waals surface area contributed by atoms with Crippen LogP contribution in [0.15, 0.2) is 49.2 Å². The van der Waals surface area contributed by atoms with Gasteiger partial charge in [0.25, 0.3) is 0 Å². The van der Waals surface area contributed by atoms with Gasteiger partial charge >= 0.3 is 0 Å². The summed E-state index contributed by atoms with van der Waals surface area (Å²) in [4.78, 5) is 9.12. The van der Waals surface area contributed by atoms with Crippen LogP contribution >= 0.6 is 0 Å². The molecule has 0 atom stereocenters. The summed E-state index contributed by atoms with van der Waals surface area (Å²) in [6, 6.07) is 8.57. The number of nitrogens with zero attached hydrogens (tertiary/aromatic N) is 4. The van der Waals surface area contributed by atoms with Crippen LogP contribution in [-0.2, 0) is 14.1 Å². The van der Waals surface area contributed by atoms with Crippen LogP contribution in [0.5, 0.6) is 0 Å². The molecule has 0 radical (unpaired) electrons. The number of aryl methyl sites for hydroxylation is 2. The molecule has 4 nitrogen and oxygen atoms in total. The lowest BCUT2D eigenvalue weighted by Crippen LogP contribution is -1.86. The molecule has 0 aliphatic carbocycles. The Kier molecular flexibility index (Phi) is 2.06. The first-order chi connectivity index (χ1) is 10.7. The Morgan fingerprint density at radius 1 is 0.864 bits per heavy atom. The molecule has 5 aromatic rings. The van der Waals surface area contributed by atoms with E-state index in [4.69, 9.17) is 0 Å². The molecule has 0 N–H and O–H groups in total. The highest BCUT2D eigenvalue weighted by atomic mass is 15.0. The van der Waals surface area contributed by atoms with Crippen molar-refractivity contribution in [2.45, 2.75) is 0 Å². The Bertz CT molecular complexity index is 1190. The second kappa shape index (κ2) is 3.85. The van der Waals surface area contributed by atoms with Gasteiger partial charge in [-0.3, -0.25) is 4.98 Å². The average Bonchev–Trinajstić information content (AvgIpc) is 3.09. The molecule has 3 aromatic heterocycles. The molecule has 4 heteroatoms. The highest BCUT2D eigenvalue weighted by Crippen LogP contribution is 2.36. The van der Waals surface area contributed by atoms with Crippen LogP contribution < -0.4 is 0 Å². The number of fused-ring (bicyclic) bond motifs is 7. The summed E-state index contributed by atoms with van der Waals surface area (Å²) >= 11 is 0. The van der Waals surface area contributed by atoms with E-state index in [1.165, 1.54) is 26.9 Å². The quantitative estimate of drug-likeness (QED) is 0.406. The van der Waals surface area contributed by atoms with Crippen LogP contribution in [0, 0.1) is 0 Å². The standard InChI is InChI=1S/C18H14N4/c1-21-8-14-13-7-17-16(20-10-22(17)2)6-12(13)11-4-3-5-19-18(11)15(14)9-21/h3-10H,1-2H3. The van der Waals surface area contributed by atoms with Crippen LogP contribution in [0.3, 0.4) is 0 Å². The van der Waals surface area contributed by atoms with Gasteiger partial charge in [0, 0.05) is 48.8 Å². The second-order valence-corrected chi connectivity index (χ2v) is 5.89. The Morgan fingerprint density at radius 3 is 2.59 bits per heavy atom. The minimum atomic E-state index is 1.02. The Balaban J connectivity index is 2.18. The summed E-state index contributed by atoms with van der Waals surface area (Å²) < 4.78 is 4.17. The van der Waals surface area contributed by atoms with E-state index in [1.54, 1.807) is 0 Å². The van der Waals surface area contributed by atoms with Crippen molar-refractivity contribution in [3.8, 4) is 0 Å². The van der Waals surface area contributed by atoms with Crippen LogP contribution in [0.25, 0.3) is 43.5 Å². The SMILES string of the molecule is Cn1cc2c3cc4c(cc3c3cccnc3c2c1)ncn4C. The van der Waals surface area contributed by atoms with Crippen molar-refractivity contribution in [1.29, 1.82) is 0 Å². The van der Waals surface area contributed by atoms with Gasteiger partial charge < -0.3 is 9.13 Å². The molecule has 0 spiro atoms. The van der Waals surface area contributed by atoms with Crippen LogP contribution in [0.4, 0.5) is 0 Å². The van der Waals surface area contributed by atoms with E-state index in [2.05, 4.69) is 56.7 Å². The molecule has 0 aliphatic heterocycles. The minimum absolute atomic E-state index is 1.02. The number of hydrogen-bond acceptors (Lipinski definition) is 2. The number of hydrogen-bond donors (Lipinski definition) is 0. The number of aromatic nitrogens is 4. The number of benzene rings is 2. The molecule has 0 unspecified atom stereocenters. The van der Waals surface area contributed by atoms with Crippen LogP contribution in [-0.4, -0.2) is 19.1 Å². The summed E-state index contributed by atoms with van der Waals surface area (Å²) in [5, 5.41) is 6.10. The third-order valence-corrected chi connectivity index (χ3v) is 4.46. The Hall–Kier alpha value is -2.88. The first-order valence-electron chi connectivity index (χ1n) is 7.29. The molecule has 106 valence electrons. The van der Waals surface area contributed by atoms with Gasteiger partial charge in [0.05, 0.1) is 22.9 Å². The summed E-state index contributed by atoms with van der Waals surface area (Å²) in [7, 11) is 4.09. The average molecular weight is 286 g/mol. The second-order valence-electron chi connectivity index (χ2n) is 5.89. The predicted molar refractivity (Wildman–Crippen MR) is 90.0 cm³/mol. The van der Waals surface area contributed by atoms with Crippen molar-refractivity contribution < 1.29 is 0 Å². The fourth-order valence-corrected chi connectivity index (χ4v) is 3.44. The van der Waals surface area contributed by atoms with Crippen molar-refractivity contribution >= 4 is 43.5 Å². The van der Waals surface area contributed by atoms with E-state index in [0.717, 1.165) is 16.6 Å². The van der Waals surface area contributed by atoms with E-state index in [-0.39, 0.29) is 0 Å². The van der Waals surface area contributed by atoms with E-state index in [1.807, 2.05) is 25.6 Å². The first kappa shape index (κ1) is 11.7. The first-order valence-corrected chi connectivity index (χ1v) is 7.29. The van der Waals surface area contributed by atoms with Gasteiger partial charge in [-0.2, -0.15) is 0 Å². The van der Waals surface area contributed by atoms with Crippen molar-refractivity contribution in [2.24, 2.45) is 14.1 Å². The van der Waals surface area contributed by atoms with Gasteiger partial charge in [0.15, 0.2) is 0 Å². The normalized spacial score (nSPS) is 12.1. The lowest BCUT2D eigenvalue weighted by atomic mass is 9.99. The molecule has 0 saturated carbocycles. The van der Waals surface area contributed by atoms with Gasteiger partial charge in [-0.25, -0.2) is 4.98 Å². The lowest BCUT2D eigenvalue weighted by molar-refractivity contribution is 0.934. The zero-order valence-corrected chi connectivity index (χ0v) is 12.4. The highest BCUT2D eigenvalue weighted by Gasteiger charge is 2.13. The number of rotatable bonds is 0. The van der Waals surface area contributed by atoms with Crippen molar-refractivity contribution in [3.05, 3.63) is 49.2 Å². The van der Waals surface area contributed by atoms with Gasteiger partial charge in [-0.05, 0) is 29.0 Å². The molecule has 2 aromatic carbocycles. The summed E-state index contributed by atoms with van der Waals surface area (Å²) in [6.07, 6.45) is 8.05. The van der Waals surface area contributed by atoms with E-state index in [0.29, 0.717) is 0 Å². The molecule has 0 bridgehead atoms. The van der Waals surface area contributed by atoms with Crippen molar-refractivity contribution in [1.82, 2.24) is 19.1 Å². The maximum absolute atomic E-state index is 4.62. The zero-order valence-electron chi connectivity index (χ0n) is 12.4. The monoisotopic (exact) mass is 286 g/mol. The zero-order chi connectivity index (χ0) is 14.8. The van der Waals surface area contributed by atoms with E-state index < -0.39 is 0 Å². The van der Waals surface area contributed by atoms with Crippen LogP contribution in [0.1, 0.15) is 0 Å². The predicted octanol–water partition coefficient (Wildman–Crippen LogP) is 3.77. The Labute approximate surface area is 126 Å². The summed E-state index contributed by atoms with van der Waals surface area (Å²) in [6.45, 7) is 0. The molecular formula is C18H14N4. The molecule has 3 heterocycles. The highest BCUT2D eigenvalue weighted by molar-refractivity contribution is 6.25. The number of pyridine rings is 1. The fourth-order valence-electron chi connectivity index (χ4n) is 3.44. The molecular weight excluding hydrogens is 272 g/mol. The van der Waals surface area contributed by atoms with Gasteiger partial charge in [0.2, 0.25) is 0 Å². The molecule has 0 saturated heterocycles. The summed E-state index contributed by atoms with van der Waals surface area (Å²) in [5.41, 5.74) is 3.23. The van der Waals surface area contributed by atoms with Crippen molar-refractivity contribution in [2.75, 3.05) is 0 Å². The topological polar surface area (TPSA) is 35.6 Å². The molecule has 5 rings (SSSR count). The molecule has 0 fully saturated rings. The summed E-state index contributed by atoms with van der Waals surface area (Å²) in [5.74, 6) is 0. The van der Waals surface area contributed by atoms with Gasteiger partial charge in [-0.15, -0.1) is 0 Å². The maximum Gasteiger partial charge on any atom is 0.0955 e. The van der Waals surface area contributed by atoms with E-state index >= 15 is 0 Å². The molecule has 22 heavy (non-hydrogen) atoms. The minimum Gasteiger partial charge on any atom is -0.356 e. The van der Waals surface area contributed by atoms with Crippen molar-refractivity contribution in [3.63, 3.8) is 0 Å².